The minimum Gasteiger partial charge on any atom is -0.469 e. The topological polar surface area (TPSA) is 81.4 Å². The summed E-state index contributed by atoms with van der Waals surface area (Å²) in [5.41, 5.74) is 5.31. The highest BCUT2D eigenvalue weighted by atomic mass is 16.5. The number of methoxy groups -OCH3 is 1. The summed E-state index contributed by atoms with van der Waals surface area (Å²) >= 11 is 0. The van der Waals surface area contributed by atoms with Crippen LogP contribution in [-0.2, 0) is 14.3 Å². The molecule has 5 heteroatoms. The van der Waals surface area contributed by atoms with E-state index in [1.165, 1.54) is 32.8 Å². The van der Waals surface area contributed by atoms with Gasteiger partial charge in [-0.1, -0.05) is 38.5 Å². The van der Waals surface area contributed by atoms with Gasteiger partial charge in [0, 0.05) is 25.9 Å². The predicted molar refractivity (Wildman–Crippen MR) is 80.3 cm³/mol. The highest BCUT2D eigenvalue weighted by Crippen LogP contribution is 2.10. The Morgan fingerprint density at radius 3 is 1.90 bits per heavy atom. The highest BCUT2D eigenvalue weighted by Gasteiger charge is 2.00. The fraction of sp³-hybridized carbons (Fsp3) is 0.867. The van der Waals surface area contributed by atoms with Gasteiger partial charge in [0.05, 0.1) is 7.11 Å². The Morgan fingerprint density at radius 1 is 0.900 bits per heavy atom. The summed E-state index contributed by atoms with van der Waals surface area (Å²) < 4.78 is 4.59. The molecule has 0 saturated heterocycles. The first-order valence-corrected chi connectivity index (χ1v) is 7.74. The monoisotopic (exact) mass is 286 g/mol. The Balaban J connectivity index is 3.13. The Kier molecular flexibility index (Phi) is 13.5. The van der Waals surface area contributed by atoms with E-state index in [1.807, 2.05) is 0 Å². The predicted octanol–water partition coefficient (Wildman–Crippen LogP) is 2.14. The maximum atomic E-state index is 11.3. The van der Waals surface area contributed by atoms with Crippen LogP contribution >= 0.6 is 0 Å². The first kappa shape index (κ1) is 18.9. The third-order valence-corrected chi connectivity index (χ3v) is 3.23. The molecule has 5 nitrogen and oxygen atoms in total. The van der Waals surface area contributed by atoms with Crippen LogP contribution in [0.4, 0.5) is 0 Å². The average Bonchev–Trinajstić information content (AvgIpc) is 2.46. The zero-order valence-corrected chi connectivity index (χ0v) is 12.8. The van der Waals surface area contributed by atoms with Crippen molar-refractivity contribution < 1.29 is 14.3 Å². The molecule has 20 heavy (non-hydrogen) atoms. The maximum absolute atomic E-state index is 11.3. The Labute approximate surface area is 122 Å². The molecular formula is C15H30N2O3. The van der Waals surface area contributed by atoms with Crippen molar-refractivity contribution in [1.82, 2.24) is 5.32 Å². The highest BCUT2D eigenvalue weighted by molar-refractivity contribution is 5.75. The van der Waals surface area contributed by atoms with Gasteiger partial charge < -0.3 is 15.8 Å². The van der Waals surface area contributed by atoms with Crippen LogP contribution in [0.2, 0.25) is 0 Å². The van der Waals surface area contributed by atoms with Gasteiger partial charge in [-0.05, 0) is 12.8 Å². The molecule has 0 aliphatic rings. The molecule has 0 aliphatic heterocycles. The summed E-state index contributed by atoms with van der Waals surface area (Å²) in [5, 5.41) is 2.77. The van der Waals surface area contributed by atoms with Crippen LogP contribution in [0.15, 0.2) is 0 Å². The van der Waals surface area contributed by atoms with Crippen molar-refractivity contribution in [2.24, 2.45) is 5.73 Å². The third-order valence-electron chi connectivity index (χ3n) is 3.23. The molecule has 0 radical (unpaired) electrons. The van der Waals surface area contributed by atoms with Gasteiger partial charge in [0.1, 0.15) is 0 Å². The number of esters is 1. The number of carbonyl (C=O) groups is 2. The lowest BCUT2D eigenvalue weighted by atomic mass is 10.1. The minimum atomic E-state index is -0.113. The van der Waals surface area contributed by atoms with E-state index in [-0.39, 0.29) is 11.9 Å². The van der Waals surface area contributed by atoms with Crippen molar-refractivity contribution in [1.29, 1.82) is 0 Å². The van der Waals surface area contributed by atoms with E-state index in [0.29, 0.717) is 25.9 Å². The molecule has 0 fully saturated rings. The quantitative estimate of drug-likeness (QED) is 0.401. The summed E-state index contributed by atoms with van der Waals surface area (Å²) in [4.78, 5) is 22.2. The molecule has 0 heterocycles. The number of hydrogen-bond acceptors (Lipinski definition) is 4. The Morgan fingerprint density at radius 2 is 1.40 bits per heavy atom. The lowest BCUT2D eigenvalue weighted by Crippen LogP contribution is -2.28. The molecule has 0 aliphatic carbocycles. The van der Waals surface area contributed by atoms with Crippen molar-refractivity contribution in [3.8, 4) is 0 Å². The zero-order valence-electron chi connectivity index (χ0n) is 12.8. The second-order valence-corrected chi connectivity index (χ2v) is 5.04. The van der Waals surface area contributed by atoms with Crippen LogP contribution in [0.3, 0.4) is 0 Å². The van der Waals surface area contributed by atoms with E-state index in [1.54, 1.807) is 0 Å². The second kappa shape index (κ2) is 14.3. The molecule has 118 valence electrons. The lowest BCUT2D eigenvalue weighted by Gasteiger charge is -2.04. The first-order valence-electron chi connectivity index (χ1n) is 7.74. The van der Waals surface area contributed by atoms with Crippen LogP contribution in [0, 0.1) is 0 Å². The van der Waals surface area contributed by atoms with E-state index in [2.05, 4.69) is 10.1 Å². The number of nitrogens with one attached hydrogen (secondary N) is 1. The van der Waals surface area contributed by atoms with Crippen molar-refractivity contribution in [2.75, 3.05) is 20.2 Å². The van der Waals surface area contributed by atoms with Crippen molar-refractivity contribution >= 4 is 11.9 Å². The maximum Gasteiger partial charge on any atom is 0.305 e. The van der Waals surface area contributed by atoms with Gasteiger partial charge in [-0.25, -0.2) is 0 Å². The lowest BCUT2D eigenvalue weighted by molar-refractivity contribution is -0.140. The van der Waals surface area contributed by atoms with Crippen LogP contribution < -0.4 is 11.1 Å². The minimum absolute atomic E-state index is 0.110. The summed E-state index contributed by atoms with van der Waals surface area (Å²) in [6.07, 6.45) is 10.0. The van der Waals surface area contributed by atoms with Gasteiger partial charge in [-0.3, -0.25) is 9.59 Å². The summed E-state index contributed by atoms with van der Waals surface area (Å²) in [6.45, 7) is 1.08. The molecule has 0 spiro atoms. The normalized spacial score (nSPS) is 10.3. The van der Waals surface area contributed by atoms with Gasteiger partial charge >= 0.3 is 5.97 Å². The van der Waals surface area contributed by atoms with E-state index >= 15 is 0 Å². The molecule has 3 N–H and O–H groups in total. The van der Waals surface area contributed by atoms with E-state index < -0.39 is 0 Å². The molecule has 0 aromatic carbocycles. The fourth-order valence-corrected chi connectivity index (χ4v) is 2.02. The van der Waals surface area contributed by atoms with Crippen molar-refractivity contribution in [3.05, 3.63) is 0 Å². The standard InChI is InChI=1S/C15H30N2O3/c1-20-15(19)11-9-7-5-3-2-4-6-8-10-14(18)17-13-12-16/h2-13,16H2,1H3,(H,17,18). The summed E-state index contributed by atoms with van der Waals surface area (Å²) in [7, 11) is 1.43. The largest absolute Gasteiger partial charge is 0.469 e. The van der Waals surface area contributed by atoms with Gasteiger partial charge in [-0.2, -0.15) is 0 Å². The Hall–Kier alpha value is -1.10. The number of amides is 1. The van der Waals surface area contributed by atoms with Gasteiger partial charge in [0.2, 0.25) is 5.91 Å². The molecular weight excluding hydrogens is 256 g/mol. The number of nitrogens with two attached hydrogens (primary N) is 1. The number of hydrogen-bond donors (Lipinski definition) is 2. The summed E-state index contributed by atoms with van der Waals surface area (Å²) in [5.74, 6) is -0.00354. The number of carbonyl (C=O) groups excluding carboxylic acids is 2. The van der Waals surface area contributed by atoms with Gasteiger partial charge in [0.15, 0.2) is 0 Å². The van der Waals surface area contributed by atoms with Crippen LogP contribution in [0.1, 0.15) is 64.2 Å². The van der Waals surface area contributed by atoms with Crippen LogP contribution in [0.25, 0.3) is 0 Å². The van der Waals surface area contributed by atoms with E-state index in [4.69, 9.17) is 5.73 Å². The van der Waals surface area contributed by atoms with Crippen LogP contribution in [-0.4, -0.2) is 32.1 Å². The number of rotatable bonds is 13. The molecule has 0 aromatic heterocycles. The first-order chi connectivity index (χ1) is 9.70. The SMILES string of the molecule is COC(=O)CCCCCCCCCCC(=O)NCCN. The van der Waals surface area contributed by atoms with E-state index in [9.17, 15) is 9.59 Å². The van der Waals surface area contributed by atoms with Crippen molar-refractivity contribution in [2.45, 2.75) is 64.2 Å². The molecule has 0 atom stereocenters. The zero-order chi connectivity index (χ0) is 15.1. The molecule has 0 rings (SSSR count). The summed E-state index contributed by atoms with van der Waals surface area (Å²) in [6, 6.07) is 0. The van der Waals surface area contributed by atoms with Crippen molar-refractivity contribution in [3.63, 3.8) is 0 Å². The van der Waals surface area contributed by atoms with Gasteiger partial charge in [-0.15, -0.1) is 0 Å². The molecule has 0 saturated carbocycles. The fourth-order valence-electron chi connectivity index (χ4n) is 2.02. The van der Waals surface area contributed by atoms with E-state index in [0.717, 1.165) is 25.7 Å². The molecule has 1 amide bonds. The Bertz CT molecular complexity index is 258. The average molecular weight is 286 g/mol. The smallest absolute Gasteiger partial charge is 0.305 e. The molecule has 0 aromatic rings. The molecule has 0 unspecified atom stereocenters. The molecule has 0 bridgehead atoms. The number of unbranched alkanes of at least 4 members (excludes halogenated alkanes) is 7. The van der Waals surface area contributed by atoms with Gasteiger partial charge in [0.25, 0.3) is 0 Å². The number of ether oxygens (including phenoxy) is 1. The second-order valence-electron chi connectivity index (χ2n) is 5.04. The van der Waals surface area contributed by atoms with Crippen LogP contribution in [0.5, 0.6) is 0 Å². The third kappa shape index (κ3) is 13.3.